The molecule has 1 aliphatic rings. The van der Waals surface area contributed by atoms with Gasteiger partial charge in [-0.3, -0.25) is 4.79 Å². The zero-order valence-electron chi connectivity index (χ0n) is 9.21. The number of rotatable bonds is 2. The fourth-order valence-electron chi connectivity index (χ4n) is 1.79. The first-order valence-electron chi connectivity index (χ1n) is 5.50. The van der Waals surface area contributed by atoms with Gasteiger partial charge < -0.3 is 10.1 Å². The SMILES string of the molecule is O=C(Nc1ccc(Cl)cc1Cl)C1CCOCC1. The molecule has 1 heterocycles. The van der Waals surface area contributed by atoms with E-state index in [0.29, 0.717) is 28.9 Å². The van der Waals surface area contributed by atoms with Crippen LogP contribution in [0.1, 0.15) is 12.8 Å². The Morgan fingerprint density at radius 2 is 2.00 bits per heavy atom. The molecule has 0 spiro atoms. The summed E-state index contributed by atoms with van der Waals surface area (Å²) in [5, 5.41) is 3.83. The van der Waals surface area contributed by atoms with Crippen molar-refractivity contribution in [3.63, 3.8) is 0 Å². The van der Waals surface area contributed by atoms with Gasteiger partial charge >= 0.3 is 0 Å². The Morgan fingerprint density at radius 1 is 1.29 bits per heavy atom. The highest BCUT2D eigenvalue weighted by Crippen LogP contribution is 2.26. The third kappa shape index (κ3) is 3.35. The molecule has 0 aliphatic carbocycles. The van der Waals surface area contributed by atoms with Gasteiger partial charge in [0.15, 0.2) is 0 Å². The minimum Gasteiger partial charge on any atom is -0.381 e. The molecule has 0 aromatic heterocycles. The lowest BCUT2D eigenvalue weighted by molar-refractivity contribution is -0.122. The lowest BCUT2D eigenvalue weighted by Gasteiger charge is -2.21. The molecule has 92 valence electrons. The van der Waals surface area contributed by atoms with E-state index in [0.717, 1.165) is 12.8 Å². The smallest absolute Gasteiger partial charge is 0.227 e. The maximum absolute atomic E-state index is 11.9. The van der Waals surface area contributed by atoms with Gasteiger partial charge in [0.2, 0.25) is 5.91 Å². The second-order valence-corrected chi connectivity index (χ2v) is 4.84. The van der Waals surface area contributed by atoms with Crippen LogP contribution in [0.5, 0.6) is 0 Å². The molecule has 0 bridgehead atoms. The van der Waals surface area contributed by atoms with Crippen molar-refractivity contribution >= 4 is 34.8 Å². The Morgan fingerprint density at radius 3 is 2.65 bits per heavy atom. The number of amides is 1. The molecule has 0 radical (unpaired) electrons. The summed E-state index contributed by atoms with van der Waals surface area (Å²) in [5.41, 5.74) is 0.604. The molecule has 1 aliphatic heterocycles. The van der Waals surface area contributed by atoms with Crippen LogP contribution in [0.4, 0.5) is 5.69 Å². The maximum Gasteiger partial charge on any atom is 0.227 e. The predicted octanol–water partition coefficient (Wildman–Crippen LogP) is 3.36. The fourth-order valence-corrected chi connectivity index (χ4v) is 2.24. The Bertz CT molecular complexity index is 417. The van der Waals surface area contributed by atoms with E-state index in [1.165, 1.54) is 0 Å². The van der Waals surface area contributed by atoms with E-state index in [4.69, 9.17) is 27.9 Å². The largest absolute Gasteiger partial charge is 0.381 e. The van der Waals surface area contributed by atoms with E-state index in [-0.39, 0.29) is 11.8 Å². The molecule has 1 fully saturated rings. The first-order valence-corrected chi connectivity index (χ1v) is 6.26. The molecule has 1 N–H and O–H groups in total. The number of ether oxygens (including phenoxy) is 1. The van der Waals surface area contributed by atoms with E-state index in [9.17, 15) is 4.79 Å². The van der Waals surface area contributed by atoms with Crippen LogP contribution in [0.25, 0.3) is 0 Å². The summed E-state index contributed by atoms with van der Waals surface area (Å²) in [6.45, 7) is 1.29. The summed E-state index contributed by atoms with van der Waals surface area (Å²) in [4.78, 5) is 11.9. The van der Waals surface area contributed by atoms with Gasteiger partial charge in [0.1, 0.15) is 0 Å². The second-order valence-electron chi connectivity index (χ2n) is 4.00. The normalized spacial score (nSPS) is 16.8. The summed E-state index contributed by atoms with van der Waals surface area (Å²) in [6, 6.07) is 5.03. The van der Waals surface area contributed by atoms with Crippen LogP contribution in [0, 0.1) is 5.92 Å². The lowest BCUT2D eigenvalue weighted by atomic mass is 9.99. The molecule has 0 saturated carbocycles. The monoisotopic (exact) mass is 273 g/mol. The Hall–Kier alpha value is -0.770. The van der Waals surface area contributed by atoms with Crippen LogP contribution in [-0.4, -0.2) is 19.1 Å². The summed E-state index contributed by atoms with van der Waals surface area (Å²) in [7, 11) is 0. The Balaban J connectivity index is 2.02. The molecule has 1 aromatic rings. The molecule has 0 unspecified atom stereocenters. The predicted molar refractivity (Wildman–Crippen MR) is 68.6 cm³/mol. The van der Waals surface area contributed by atoms with Gasteiger partial charge in [-0.1, -0.05) is 23.2 Å². The quantitative estimate of drug-likeness (QED) is 0.898. The van der Waals surface area contributed by atoms with Gasteiger partial charge in [0.25, 0.3) is 0 Å². The highest BCUT2D eigenvalue weighted by molar-refractivity contribution is 6.36. The first kappa shape index (κ1) is 12.7. The summed E-state index contributed by atoms with van der Waals surface area (Å²) in [5.74, 6) is 0.00742. The fraction of sp³-hybridized carbons (Fsp3) is 0.417. The summed E-state index contributed by atoms with van der Waals surface area (Å²) in [6.07, 6.45) is 1.52. The average Bonchev–Trinajstić information content (AvgIpc) is 2.34. The molecular formula is C12H13Cl2NO2. The molecule has 1 amide bonds. The number of carbonyl (C=O) groups excluding carboxylic acids is 1. The number of anilines is 1. The van der Waals surface area contributed by atoms with E-state index >= 15 is 0 Å². The van der Waals surface area contributed by atoms with Crippen molar-refractivity contribution in [2.45, 2.75) is 12.8 Å². The zero-order chi connectivity index (χ0) is 12.3. The zero-order valence-corrected chi connectivity index (χ0v) is 10.7. The lowest BCUT2D eigenvalue weighted by Crippen LogP contribution is -2.28. The molecule has 17 heavy (non-hydrogen) atoms. The van der Waals surface area contributed by atoms with Crippen LogP contribution < -0.4 is 5.32 Å². The van der Waals surface area contributed by atoms with Gasteiger partial charge in [-0.25, -0.2) is 0 Å². The number of carbonyl (C=O) groups is 1. The summed E-state index contributed by atoms with van der Waals surface area (Å²) < 4.78 is 5.22. The molecule has 2 rings (SSSR count). The minimum absolute atomic E-state index is 0.00229. The van der Waals surface area contributed by atoms with Crippen molar-refractivity contribution in [3.8, 4) is 0 Å². The molecule has 5 heteroatoms. The van der Waals surface area contributed by atoms with Gasteiger partial charge in [0.05, 0.1) is 10.7 Å². The number of hydrogen-bond acceptors (Lipinski definition) is 2. The van der Waals surface area contributed by atoms with Gasteiger partial charge in [-0.05, 0) is 31.0 Å². The van der Waals surface area contributed by atoms with Crippen molar-refractivity contribution in [2.75, 3.05) is 18.5 Å². The van der Waals surface area contributed by atoms with Gasteiger partial charge in [0, 0.05) is 24.2 Å². The van der Waals surface area contributed by atoms with Crippen molar-refractivity contribution in [1.82, 2.24) is 0 Å². The Kier molecular flexibility index (Phi) is 4.26. The second kappa shape index (κ2) is 5.71. The van der Waals surface area contributed by atoms with E-state index in [1.54, 1.807) is 18.2 Å². The van der Waals surface area contributed by atoms with Crippen LogP contribution in [-0.2, 0) is 9.53 Å². The standard InChI is InChI=1S/C12H13Cl2NO2/c13-9-1-2-11(10(14)7-9)15-12(16)8-3-5-17-6-4-8/h1-2,7-8H,3-6H2,(H,15,16). The number of hydrogen-bond donors (Lipinski definition) is 1. The highest BCUT2D eigenvalue weighted by Gasteiger charge is 2.22. The van der Waals surface area contributed by atoms with Gasteiger partial charge in [-0.2, -0.15) is 0 Å². The molecular weight excluding hydrogens is 261 g/mol. The average molecular weight is 274 g/mol. The number of halogens is 2. The molecule has 1 aromatic carbocycles. The van der Waals surface area contributed by atoms with E-state index < -0.39 is 0 Å². The van der Waals surface area contributed by atoms with Crippen molar-refractivity contribution in [3.05, 3.63) is 28.2 Å². The van der Waals surface area contributed by atoms with Crippen LogP contribution in [0.15, 0.2) is 18.2 Å². The number of nitrogens with one attached hydrogen (secondary N) is 1. The van der Waals surface area contributed by atoms with Crippen molar-refractivity contribution in [2.24, 2.45) is 5.92 Å². The van der Waals surface area contributed by atoms with Crippen molar-refractivity contribution in [1.29, 1.82) is 0 Å². The third-order valence-corrected chi connectivity index (χ3v) is 3.33. The topological polar surface area (TPSA) is 38.3 Å². The molecule has 0 atom stereocenters. The van der Waals surface area contributed by atoms with Gasteiger partial charge in [-0.15, -0.1) is 0 Å². The molecule has 1 saturated heterocycles. The maximum atomic E-state index is 11.9. The molecule has 3 nitrogen and oxygen atoms in total. The first-order chi connectivity index (χ1) is 8.16. The van der Waals surface area contributed by atoms with Crippen LogP contribution >= 0.6 is 23.2 Å². The van der Waals surface area contributed by atoms with Crippen LogP contribution in [0.3, 0.4) is 0 Å². The third-order valence-electron chi connectivity index (χ3n) is 2.78. The van der Waals surface area contributed by atoms with Crippen LogP contribution in [0.2, 0.25) is 10.0 Å². The summed E-state index contributed by atoms with van der Waals surface area (Å²) >= 11 is 11.8. The number of benzene rings is 1. The van der Waals surface area contributed by atoms with Crippen molar-refractivity contribution < 1.29 is 9.53 Å². The highest BCUT2D eigenvalue weighted by atomic mass is 35.5. The Labute approximate surface area is 110 Å². The minimum atomic E-state index is -0.00229. The van der Waals surface area contributed by atoms with E-state index in [2.05, 4.69) is 5.32 Å². The van der Waals surface area contributed by atoms with E-state index in [1.807, 2.05) is 0 Å².